The van der Waals surface area contributed by atoms with Gasteiger partial charge in [-0.3, -0.25) is 9.78 Å². The zero-order valence-electron chi connectivity index (χ0n) is 11.6. The van der Waals surface area contributed by atoms with E-state index in [1.165, 1.54) is 22.9 Å². The highest BCUT2D eigenvalue weighted by molar-refractivity contribution is 5.76. The molecule has 3 rings (SSSR count). The second-order valence-corrected chi connectivity index (χ2v) is 4.86. The van der Waals surface area contributed by atoms with E-state index in [-0.39, 0.29) is 11.3 Å². The number of hydrogen-bond donors (Lipinski definition) is 1. The lowest BCUT2D eigenvalue weighted by Crippen LogP contribution is -2.09. The zero-order chi connectivity index (χ0) is 16.6. The van der Waals surface area contributed by atoms with Crippen LogP contribution in [0.4, 0.5) is 13.2 Å². The molecule has 0 aliphatic carbocycles. The Hall–Kier alpha value is -2.90. The Morgan fingerprint density at radius 3 is 2.48 bits per heavy atom. The van der Waals surface area contributed by atoms with Crippen molar-refractivity contribution in [2.75, 3.05) is 0 Å². The summed E-state index contributed by atoms with van der Waals surface area (Å²) in [5, 5.41) is 9.07. The average molecular weight is 321 g/mol. The minimum Gasteiger partial charge on any atom is -0.481 e. The number of carbonyl (C=O) groups is 1. The first kappa shape index (κ1) is 15.0. The highest BCUT2D eigenvalue weighted by Gasteiger charge is 2.31. The van der Waals surface area contributed by atoms with Crippen molar-refractivity contribution in [3.63, 3.8) is 0 Å². The summed E-state index contributed by atoms with van der Waals surface area (Å²) in [6.45, 7) is 0. The Morgan fingerprint density at radius 1 is 1.17 bits per heavy atom. The molecule has 5 nitrogen and oxygen atoms in total. The third-order valence-electron chi connectivity index (χ3n) is 3.32. The fraction of sp³-hybridized carbons (Fsp3) is 0.133. The number of carboxylic acids is 1. The Labute approximate surface area is 128 Å². The fourth-order valence-corrected chi connectivity index (χ4v) is 2.31. The fourth-order valence-electron chi connectivity index (χ4n) is 2.31. The molecular formula is C15H10F3N3O2. The second kappa shape index (κ2) is 5.38. The molecule has 1 N–H and O–H groups in total. The normalized spacial score (nSPS) is 11.8. The van der Waals surface area contributed by atoms with Gasteiger partial charge in [-0.25, -0.2) is 4.98 Å². The van der Waals surface area contributed by atoms with Crippen molar-refractivity contribution in [3.05, 3.63) is 54.1 Å². The van der Waals surface area contributed by atoms with Gasteiger partial charge in [0.15, 0.2) is 0 Å². The number of nitrogens with zero attached hydrogens (tertiary/aromatic N) is 3. The van der Waals surface area contributed by atoms with E-state index in [9.17, 15) is 18.0 Å². The van der Waals surface area contributed by atoms with Gasteiger partial charge in [-0.15, -0.1) is 0 Å². The summed E-state index contributed by atoms with van der Waals surface area (Å²) in [7, 11) is 0. The summed E-state index contributed by atoms with van der Waals surface area (Å²) in [6.07, 6.45) is -1.09. The highest BCUT2D eigenvalue weighted by atomic mass is 19.4. The number of imidazole rings is 1. The first-order valence-electron chi connectivity index (χ1n) is 6.56. The molecule has 0 fully saturated rings. The van der Waals surface area contributed by atoms with E-state index < -0.39 is 24.1 Å². The maximum atomic E-state index is 12.9. The van der Waals surface area contributed by atoms with Crippen molar-refractivity contribution < 1.29 is 23.1 Å². The molecule has 0 atom stereocenters. The molecule has 118 valence electrons. The predicted molar refractivity (Wildman–Crippen MR) is 74.8 cm³/mol. The van der Waals surface area contributed by atoms with Crippen molar-refractivity contribution in [2.24, 2.45) is 0 Å². The Balaban J connectivity index is 2.26. The van der Waals surface area contributed by atoms with Gasteiger partial charge in [0.1, 0.15) is 5.65 Å². The van der Waals surface area contributed by atoms with Crippen molar-refractivity contribution in [3.8, 4) is 11.3 Å². The Bertz CT molecular complexity index is 873. The highest BCUT2D eigenvalue weighted by Crippen LogP contribution is 2.31. The molecule has 3 heterocycles. The van der Waals surface area contributed by atoms with Gasteiger partial charge in [0.25, 0.3) is 0 Å². The molecule has 3 aromatic rings. The van der Waals surface area contributed by atoms with Crippen LogP contribution in [0.3, 0.4) is 0 Å². The third-order valence-corrected chi connectivity index (χ3v) is 3.32. The van der Waals surface area contributed by atoms with Gasteiger partial charge in [-0.1, -0.05) is 0 Å². The molecule has 0 aliphatic rings. The lowest BCUT2D eigenvalue weighted by atomic mass is 10.1. The number of rotatable bonds is 3. The van der Waals surface area contributed by atoms with E-state index >= 15 is 0 Å². The molecule has 0 saturated carbocycles. The summed E-state index contributed by atoms with van der Waals surface area (Å²) < 4.78 is 39.8. The summed E-state index contributed by atoms with van der Waals surface area (Å²) in [4.78, 5) is 19.2. The van der Waals surface area contributed by atoms with E-state index in [0.717, 1.165) is 12.3 Å². The topological polar surface area (TPSA) is 67.5 Å². The van der Waals surface area contributed by atoms with Crippen LogP contribution in [-0.4, -0.2) is 25.4 Å². The predicted octanol–water partition coefficient (Wildman–Crippen LogP) is 3.04. The number of pyridine rings is 2. The van der Waals surface area contributed by atoms with Gasteiger partial charge in [0.05, 0.1) is 23.4 Å². The van der Waals surface area contributed by atoms with Crippen LogP contribution in [0, 0.1) is 0 Å². The SMILES string of the molecule is O=C(O)Cc1c(-c2ccncc2)nc2ccc(C(F)(F)F)cn12. The molecule has 0 saturated heterocycles. The molecule has 23 heavy (non-hydrogen) atoms. The van der Waals surface area contributed by atoms with Gasteiger partial charge in [0.2, 0.25) is 0 Å². The molecule has 0 radical (unpaired) electrons. The van der Waals surface area contributed by atoms with E-state index in [2.05, 4.69) is 9.97 Å². The molecular weight excluding hydrogens is 311 g/mol. The standard InChI is InChI=1S/C15H10F3N3O2/c16-15(17,18)10-1-2-12-20-14(9-3-5-19-6-4-9)11(7-13(22)23)21(12)8-10/h1-6,8H,7H2,(H,22,23). The molecule has 8 heteroatoms. The monoisotopic (exact) mass is 321 g/mol. The van der Waals surface area contributed by atoms with Crippen LogP contribution < -0.4 is 0 Å². The summed E-state index contributed by atoms with van der Waals surface area (Å²) >= 11 is 0. The number of fused-ring (bicyclic) bond motifs is 1. The maximum absolute atomic E-state index is 12.9. The van der Waals surface area contributed by atoms with Gasteiger partial charge in [-0.05, 0) is 24.3 Å². The summed E-state index contributed by atoms with van der Waals surface area (Å²) in [5.41, 5.74) is 0.490. The molecule has 3 aromatic heterocycles. The number of aromatic nitrogens is 3. The van der Waals surface area contributed by atoms with Crippen molar-refractivity contribution in [1.29, 1.82) is 0 Å². The number of hydrogen-bond acceptors (Lipinski definition) is 3. The zero-order valence-corrected chi connectivity index (χ0v) is 11.6. The molecule has 0 aromatic carbocycles. The van der Waals surface area contributed by atoms with Gasteiger partial charge in [-0.2, -0.15) is 13.2 Å². The van der Waals surface area contributed by atoms with Crippen LogP contribution in [-0.2, 0) is 17.4 Å². The molecule has 0 aliphatic heterocycles. The first-order valence-corrected chi connectivity index (χ1v) is 6.56. The first-order chi connectivity index (χ1) is 10.9. The lowest BCUT2D eigenvalue weighted by Gasteiger charge is -2.08. The van der Waals surface area contributed by atoms with Crippen molar-refractivity contribution in [1.82, 2.24) is 14.4 Å². The number of alkyl halides is 3. The maximum Gasteiger partial charge on any atom is 0.417 e. The lowest BCUT2D eigenvalue weighted by molar-refractivity contribution is -0.138. The van der Waals surface area contributed by atoms with Gasteiger partial charge < -0.3 is 9.51 Å². The molecule has 0 amide bonds. The van der Waals surface area contributed by atoms with Crippen LogP contribution in [0.15, 0.2) is 42.9 Å². The van der Waals surface area contributed by atoms with E-state index in [0.29, 0.717) is 11.3 Å². The average Bonchev–Trinajstić information content (AvgIpc) is 2.85. The quantitative estimate of drug-likeness (QED) is 0.805. The minimum atomic E-state index is -4.52. The van der Waals surface area contributed by atoms with E-state index in [1.54, 1.807) is 12.1 Å². The van der Waals surface area contributed by atoms with E-state index in [4.69, 9.17) is 5.11 Å². The minimum absolute atomic E-state index is 0.185. The van der Waals surface area contributed by atoms with Crippen LogP contribution >= 0.6 is 0 Å². The number of halogens is 3. The smallest absolute Gasteiger partial charge is 0.417 e. The van der Waals surface area contributed by atoms with Crippen LogP contribution in [0.5, 0.6) is 0 Å². The Kier molecular flexibility index (Phi) is 3.51. The molecule has 0 bridgehead atoms. The Morgan fingerprint density at radius 2 is 1.87 bits per heavy atom. The van der Waals surface area contributed by atoms with Crippen LogP contribution in [0.1, 0.15) is 11.3 Å². The van der Waals surface area contributed by atoms with Gasteiger partial charge in [0, 0.05) is 24.2 Å². The summed E-state index contributed by atoms with van der Waals surface area (Å²) in [6, 6.07) is 5.39. The van der Waals surface area contributed by atoms with Crippen LogP contribution in [0.2, 0.25) is 0 Å². The van der Waals surface area contributed by atoms with Gasteiger partial charge >= 0.3 is 12.1 Å². The molecule has 0 unspecified atom stereocenters. The van der Waals surface area contributed by atoms with Crippen LogP contribution in [0.25, 0.3) is 16.9 Å². The summed E-state index contributed by atoms with van der Waals surface area (Å²) in [5.74, 6) is -1.15. The number of aliphatic carboxylic acids is 1. The van der Waals surface area contributed by atoms with Crippen molar-refractivity contribution >= 4 is 11.6 Å². The number of carboxylic acid groups (broad SMARTS) is 1. The second-order valence-electron chi connectivity index (χ2n) is 4.86. The third kappa shape index (κ3) is 2.87. The van der Waals surface area contributed by atoms with Crippen molar-refractivity contribution in [2.45, 2.75) is 12.6 Å². The largest absolute Gasteiger partial charge is 0.481 e. The molecule has 0 spiro atoms. The van der Waals surface area contributed by atoms with E-state index in [1.807, 2.05) is 0 Å².